The average Bonchev–Trinajstić information content (AvgIpc) is 3.30. The third-order valence-corrected chi connectivity index (χ3v) is 4.50. The molecule has 0 aliphatic carbocycles. The minimum absolute atomic E-state index is 0.0490. The van der Waals surface area contributed by atoms with Gasteiger partial charge in [-0.15, -0.1) is 5.10 Å². The highest BCUT2D eigenvalue weighted by Crippen LogP contribution is 2.10. The van der Waals surface area contributed by atoms with E-state index in [1.807, 2.05) is 0 Å². The molecule has 1 fully saturated rings. The van der Waals surface area contributed by atoms with Crippen molar-refractivity contribution in [3.63, 3.8) is 0 Å². The zero-order chi connectivity index (χ0) is 18.1. The molecule has 0 bridgehead atoms. The van der Waals surface area contributed by atoms with Gasteiger partial charge < -0.3 is 4.90 Å². The molecule has 134 valence electrons. The number of halogens is 1. The van der Waals surface area contributed by atoms with E-state index in [0.717, 1.165) is 31.5 Å². The van der Waals surface area contributed by atoms with Crippen molar-refractivity contribution in [3.8, 4) is 0 Å². The van der Waals surface area contributed by atoms with E-state index >= 15 is 0 Å². The number of hydrogen-bond donors (Lipinski definition) is 0. The first-order valence-corrected chi connectivity index (χ1v) is 8.43. The molecule has 0 atom stereocenters. The lowest BCUT2D eigenvalue weighted by atomic mass is 10.2. The van der Waals surface area contributed by atoms with Crippen LogP contribution in [0.1, 0.15) is 18.4 Å². The van der Waals surface area contributed by atoms with Crippen LogP contribution in [0.2, 0.25) is 0 Å². The van der Waals surface area contributed by atoms with E-state index in [9.17, 15) is 14.0 Å². The Labute approximate surface area is 147 Å². The molecular formula is C17H17FN6O2. The first-order chi connectivity index (χ1) is 12.6. The van der Waals surface area contributed by atoms with Gasteiger partial charge in [-0.2, -0.15) is 0 Å². The maximum Gasteiger partial charge on any atom is 0.283 e. The van der Waals surface area contributed by atoms with E-state index in [1.165, 1.54) is 27.7 Å². The Morgan fingerprint density at radius 3 is 2.62 bits per heavy atom. The van der Waals surface area contributed by atoms with Crippen LogP contribution in [0.3, 0.4) is 0 Å². The summed E-state index contributed by atoms with van der Waals surface area (Å²) in [7, 11) is 0. The van der Waals surface area contributed by atoms with Crippen molar-refractivity contribution >= 4 is 17.1 Å². The monoisotopic (exact) mass is 356 g/mol. The highest BCUT2D eigenvalue weighted by Gasteiger charge is 2.20. The van der Waals surface area contributed by atoms with Crippen molar-refractivity contribution < 1.29 is 9.18 Å². The molecule has 3 aromatic rings. The molecule has 4 rings (SSSR count). The second-order valence-electron chi connectivity index (χ2n) is 6.31. The lowest BCUT2D eigenvalue weighted by molar-refractivity contribution is -0.130. The number of hydrogen-bond acceptors (Lipinski definition) is 5. The number of likely N-dealkylation sites (tertiary alicyclic amines) is 1. The van der Waals surface area contributed by atoms with E-state index in [2.05, 4.69) is 15.3 Å². The largest absolute Gasteiger partial charge is 0.341 e. The molecule has 2 aromatic heterocycles. The van der Waals surface area contributed by atoms with Crippen LogP contribution in [0.5, 0.6) is 0 Å². The number of carbonyl (C=O) groups excluding carboxylic acids is 1. The highest BCUT2D eigenvalue weighted by molar-refractivity contribution is 5.76. The zero-order valence-electron chi connectivity index (χ0n) is 14.0. The molecular weight excluding hydrogens is 339 g/mol. The Hall–Kier alpha value is -3.10. The van der Waals surface area contributed by atoms with Crippen LogP contribution in [0.15, 0.2) is 35.4 Å². The summed E-state index contributed by atoms with van der Waals surface area (Å²) >= 11 is 0. The van der Waals surface area contributed by atoms with Gasteiger partial charge in [0.05, 0.1) is 6.54 Å². The third-order valence-electron chi connectivity index (χ3n) is 4.50. The van der Waals surface area contributed by atoms with E-state index < -0.39 is 5.56 Å². The number of fused-ring (bicyclic) bond motifs is 1. The number of carbonyl (C=O) groups is 1. The van der Waals surface area contributed by atoms with Gasteiger partial charge in [-0.3, -0.25) is 14.2 Å². The second-order valence-corrected chi connectivity index (χ2v) is 6.31. The summed E-state index contributed by atoms with van der Waals surface area (Å²) < 4.78 is 15.8. The van der Waals surface area contributed by atoms with Gasteiger partial charge in [0.15, 0.2) is 11.2 Å². The van der Waals surface area contributed by atoms with E-state index in [1.54, 1.807) is 17.0 Å². The Kier molecular flexibility index (Phi) is 4.19. The summed E-state index contributed by atoms with van der Waals surface area (Å²) in [4.78, 5) is 30.8. The van der Waals surface area contributed by atoms with Gasteiger partial charge >= 0.3 is 0 Å². The topological polar surface area (TPSA) is 85.9 Å². The highest BCUT2D eigenvalue weighted by atomic mass is 19.1. The van der Waals surface area contributed by atoms with E-state index in [-0.39, 0.29) is 23.8 Å². The molecule has 1 aliphatic heterocycles. The minimum atomic E-state index is -0.395. The lowest BCUT2D eigenvalue weighted by Crippen LogP contribution is -2.34. The molecule has 0 unspecified atom stereocenters. The zero-order valence-corrected chi connectivity index (χ0v) is 14.0. The van der Waals surface area contributed by atoms with Gasteiger partial charge in [-0.25, -0.2) is 14.1 Å². The Bertz CT molecular complexity index is 1000. The summed E-state index contributed by atoms with van der Waals surface area (Å²) in [5.74, 6) is -0.412. The predicted octanol–water partition coefficient (Wildman–Crippen LogP) is 0.798. The summed E-state index contributed by atoms with van der Waals surface area (Å²) in [5.41, 5.74) is 0.870. The molecule has 0 N–H and O–H groups in total. The Balaban J connectivity index is 1.59. The molecule has 1 aliphatic rings. The van der Waals surface area contributed by atoms with Crippen LogP contribution in [0.4, 0.5) is 4.39 Å². The molecule has 0 saturated carbocycles. The van der Waals surface area contributed by atoms with Crippen LogP contribution < -0.4 is 5.56 Å². The summed E-state index contributed by atoms with van der Waals surface area (Å²) in [5, 5.41) is 7.89. The summed E-state index contributed by atoms with van der Waals surface area (Å²) in [6.45, 7) is 1.74. The van der Waals surface area contributed by atoms with Gasteiger partial charge in [0.25, 0.3) is 5.56 Å². The van der Waals surface area contributed by atoms with Gasteiger partial charge in [0, 0.05) is 13.1 Å². The van der Waals surface area contributed by atoms with Crippen molar-refractivity contribution in [2.75, 3.05) is 13.1 Å². The Morgan fingerprint density at radius 2 is 1.88 bits per heavy atom. The number of benzene rings is 1. The van der Waals surface area contributed by atoms with Crippen LogP contribution in [0, 0.1) is 5.82 Å². The van der Waals surface area contributed by atoms with Gasteiger partial charge in [-0.1, -0.05) is 17.3 Å². The maximum atomic E-state index is 13.0. The fourth-order valence-electron chi connectivity index (χ4n) is 3.08. The first kappa shape index (κ1) is 16.4. The molecule has 8 nitrogen and oxygen atoms in total. The summed E-state index contributed by atoms with van der Waals surface area (Å²) in [6.07, 6.45) is 3.34. The van der Waals surface area contributed by atoms with Crippen molar-refractivity contribution in [2.24, 2.45) is 0 Å². The molecule has 0 radical (unpaired) electrons. The molecule has 9 heteroatoms. The average molecular weight is 356 g/mol. The van der Waals surface area contributed by atoms with Gasteiger partial charge in [0.1, 0.15) is 18.7 Å². The smallest absolute Gasteiger partial charge is 0.283 e. The van der Waals surface area contributed by atoms with Crippen LogP contribution >= 0.6 is 0 Å². The SMILES string of the molecule is O=C(Cn1cnc2c(nnn2Cc2ccc(F)cc2)c1=O)N1CCCC1. The van der Waals surface area contributed by atoms with Crippen molar-refractivity contribution in [3.05, 3.63) is 52.3 Å². The molecule has 1 amide bonds. The normalized spacial score (nSPS) is 14.3. The maximum absolute atomic E-state index is 13.0. The van der Waals surface area contributed by atoms with Crippen molar-refractivity contribution in [1.29, 1.82) is 0 Å². The van der Waals surface area contributed by atoms with Crippen molar-refractivity contribution in [1.82, 2.24) is 29.4 Å². The molecule has 0 spiro atoms. The molecule has 1 saturated heterocycles. The number of aromatic nitrogens is 5. The summed E-state index contributed by atoms with van der Waals surface area (Å²) in [6, 6.07) is 6.00. The number of amides is 1. The third kappa shape index (κ3) is 3.07. The predicted molar refractivity (Wildman–Crippen MR) is 90.9 cm³/mol. The number of nitrogens with zero attached hydrogens (tertiary/aromatic N) is 6. The lowest BCUT2D eigenvalue weighted by Gasteiger charge is -2.15. The van der Waals surface area contributed by atoms with Gasteiger partial charge in [0.2, 0.25) is 5.91 Å². The minimum Gasteiger partial charge on any atom is -0.341 e. The van der Waals surface area contributed by atoms with Crippen LogP contribution in [0.25, 0.3) is 11.2 Å². The fourth-order valence-corrected chi connectivity index (χ4v) is 3.08. The van der Waals surface area contributed by atoms with Crippen LogP contribution in [-0.2, 0) is 17.9 Å². The van der Waals surface area contributed by atoms with E-state index in [0.29, 0.717) is 12.2 Å². The standard InChI is InChI=1S/C17H17FN6O2/c18-13-5-3-12(4-6-13)9-24-16-15(20-21-24)17(26)23(11-19-16)10-14(25)22-7-1-2-8-22/h3-6,11H,1-2,7-10H2. The Morgan fingerprint density at radius 1 is 1.15 bits per heavy atom. The molecule has 26 heavy (non-hydrogen) atoms. The first-order valence-electron chi connectivity index (χ1n) is 8.43. The van der Waals surface area contributed by atoms with Crippen molar-refractivity contribution in [2.45, 2.75) is 25.9 Å². The molecule has 3 heterocycles. The second kappa shape index (κ2) is 6.66. The fraction of sp³-hybridized carbons (Fsp3) is 0.353. The van der Waals surface area contributed by atoms with Gasteiger partial charge in [-0.05, 0) is 30.5 Å². The molecule has 1 aromatic carbocycles. The van der Waals surface area contributed by atoms with Crippen LogP contribution in [-0.4, -0.2) is 48.4 Å². The number of rotatable bonds is 4. The quantitative estimate of drug-likeness (QED) is 0.690. The van der Waals surface area contributed by atoms with E-state index in [4.69, 9.17) is 0 Å².